The number of hydrogen-bond acceptors (Lipinski definition) is 7. The Morgan fingerprint density at radius 1 is 1.12 bits per heavy atom. The van der Waals surface area contributed by atoms with Crippen LogP contribution < -0.4 is 0 Å². The fraction of sp³-hybridized carbons (Fsp3) is 0.318. The molecule has 0 bridgehead atoms. The van der Waals surface area contributed by atoms with Crippen LogP contribution in [0.4, 0.5) is 0 Å². The average Bonchev–Trinajstić information content (AvgIpc) is 3.46. The Bertz CT molecular complexity index is 1270. The Kier molecular flexibility index (Phi) is 6.73. The summed E-state index contributed by atoms with van der Waals surface area (Å²) in [5.74, 6) is 0.982. The molecule has 1 amide bonds. The number of ketones is 1. The van der Waals surface area contributed by atoms with Crippen molar-refractivity contribution in [3.63, 3.8) is 0 Å². The predicted octanol–water partition coefficient (Wildman–Crippen LogP) is 2.65. The Balaban J connectivity index is 1.36. The Labute approximate surface area is 196 Å². The van der Waals surface area contributed by atoms with Gasteiger partial charge in [0, 0.05) is 51.2 Å². The number of nitrogens with zero attached hydrogens (tertiary/aromatic N) is 4. The molecule has 11 heteroatoms. The van der Waals surface area contributed by atoms with Crippen LogP contribution in [0.5, 0.6) is 0 Å². The first-order chi connectivity index (χ1) is 15.8. The third-order valence-corrected chi connectivity index (χ3v) is 8.37. The van der Waals surface area contributed by atoms with Gasteiger partial charge in [-0.3, -0.25) is 9.59 Å². The quantitative estimate of drug-likeness (QED) is 0.372. The highest BCUT2D eigenvalue weighted by Gasteiger charge is 2.31. The Hall–Kier alpha value is -2.89. The van der Waals surface area contributed by atoms with Crippen molar-refractivity contribution in [2.45, 2.75) is 22.7 Å². The number of thioether (sulfide) groups is 1. The van der Waals surface area contributed by atoms with E-state index >= 15 is 0 Å². The summed E-state index contributed by atoms with van der Waals surface area (Å²) < 4.78 is 34.9. The molecule has 1 saturated heterocycles. The van der Waals surface area contributed by atoms with Gasteiger partial charge in [0.05, 0.1) is 10.6 Å². The molecule has 1 fully saturated rings. The van der Waals surface area contributed by atoms with Crippen molar-refractivity contribution in [1.29, 1.82) is 0 Å². The van der Waals surface area contributed by atoms with E-state index in [1.165, 1.54) is 35.1 Å². The third-order valence-electron chi connectivity index (χ3n) is 5.40. The molecule has 0 atom stereocenters. The summed E-state index contributed by atoms with van der Waals surface area (Å²) in [6.07, 6.45) is 3.58. The van der Waals surface area contributed by atoms with Crippen LogP contribution in [-0.4, -0.2) is 65.0 Å². The summed E-state index contributed by atoms with van der Waals surface area (Å²) in [6, 6.07) is 9.43. The van der Waals surface area contributed by atoms with E-state index in [1.807, 2.05) is 17.8 Å². The van der Waals surface area contributed by atoms with Crippen molar-refractivity contribution in [2.24, 2.45) is 7.05 Å². The first-order valence-corrected chi connectivity index (χ1v) is 12.8. The first kappa shape index (κ1) is 23.3. The zero-order valence-electron chi connectivity index (χ0n) is 18.3. The van der Waals surface area contributed by atoms with E-state index in [2.05, 4.69) is 4.98 Å². The molecule has 0 N–H and O–H groups in total. The summed E-state index contributed by atoms with van der Waals surface area (Å²) in [5.41, 5.74) is 0.347. The van der Waals surface area contributed by atoms with Gasteiger partial charge in [-0.15, -0.1) is 0 Å². The predicted molar refractivity (Wildman–Crippen MR) is 123 cm³/mol. The monoisotopic (exact) mass is 488 g/mol. The second-order valence-corrected chi connectivity index (χ2v) is 10.5. The van der Waals surface area contributed by atoms with Gasteiger partial charge in [0.15, 0.2) is 16.7 Å². The number of rotatable bonds is 7. The van der Waals surface area contributed by atoms with Crippen LogP contribution in [0, 0.1) is 0 Å². The molecule has 1 aromatic carbocycles. The molecule has 33 heavy (non-hydrogen) atoms. The largest absolute Gasteiger partial charge is 0.455 e. The molecule has 4 rings (SSSR count). The molecule has 0 saturated carbocycles. The number of furan rings is 1. The molecule has 0 radical (unpaired) electrons. The summed E-state index contributed by atoms with van der Waals surface area (Å²) in [6.45, 7) is 2.24. The van der Waals surface area contributed by atoms with Gasteiger partial charge < -0.3 is 13.9 Å². The zero-order valence-corrected chi connectivity index (χ0v) is 19.9. The number of hydrogen-bond donors (Lipinski definition) is 0. The maximum absolute atomic E-state index is 13.0. The number of aryl methyl sites for hydroxylation is 1. The van der Waals surface area contributed by atoms with E-state index in [1.54, 1.807) is 35.4 Å². The highest BCUT2D eigenvalue weighted by molar-refractivity contribution is 7.98. The van der Waals surface area contributed by atoms with Crippen molar-refractivity contribution in [3.8, 4) is 0 Å². The number of imidazole rings is 1. The van der Waals surface area contributed by atoms with E-state index in [9.17, 15) is 18.0 Å². The molecule has 0 spiro atoms. The van der Waals surface area contributed by atoms with E-state index in [0.717, 1.165) is 5.16 Å². The van der Waals surface area contributed by atoms with Crippen molar-refractivity contribution < 1.29 is 22.4 Å². The molecular weight excluding hydrogens is 464 g/mol. The second-order valence-electron chi connectivity index (χ2n) is 7.66. The lowest BCUT2D eigenvalue weighted by Crippen LogP contribution is -2.50. The molecule has 0 unspecified atom stereocenters. The van der Waals surface area contributed by atoms with Crippen LogP contribution >= 0.6 is 11.8 Å². The fourth-order valence-electron chi connectivity index (χ4n) is 3.51. The van der Waals surface area contributed by atoms with Gasteiger partial charge in [-0.25, -0.2) is 13.4 Å². The summed E-state index contributed by atoms with van der Waals surface area (Å²) in [7, 11) is -1.84. The third kappa shape index (κ3) is 5.05. The molecule has 0 aliphatic carbocycles. The minimum absolute atomic E-state index is 0.0795. The van der Waals surface area contributed by atoms with Crippen molar-refractivity contribution >= 4 is 33.5 Å². The SMILES string of the molecule is CC(=O)c1cccc(S(=O)(=O)N2CCN(C(=O)c3ccc(CSc4nccn4C)o3)CC2)c1. The van der Waals surface area contributed by atoms with Gasteiger partial charge in [-0.1, -0.05) is 23.9 Å². The number of Topliss-reactive ketones (excluding diaryl/α,β-unsaturated/α-hetero) is 1. The minimum Gasteiger partial charge on any atom is -0.455 e. The topological polar surface area (TPSA) is 106 Å². The zero-order chi connectivity index (χ0) is 23.6. The molecular formula is C22H24N4O5S2. The summed E-state index contributed by atoms with van der Waals surface area (Å²) in [4.78, 5) is 30.4. The standard InChI is InChI=1S/C22H24N4O5S2/c1-16(27)17-4-3-5-19(14-17)33(29,30)26-12-10-25(11-13-26)21(28)20-7-6-18(31-20)15-32-22-23-8-9-24(22)2/h3-9,14H,10-13,15H2,1-2H3. The molecule has 9 nitrogen and oxygen atoms in total. The molecule has 1 aliphatic heterocycles. The van der Waals surface area contributed by atoms with Crippen LogP contribution in [0.2, 0.25) is 0 Å². The minimum atomic E-state index is -3.75. The highest BCUT2D eigenvalue weighted by atomic mass is 32.2. The lowest BCUT2D eigenvalue weighted by Gasteiger charge is -2.33. The Morgan fingerprint density at radius 3 is 2.55 bits per heavy atom. The Morgan fingerprint density at radius 2 is 1.88 bits per heavy atom. The number of sulfonamides is 1. The fourth-order valence-corrected chi connectivity index (χ4v) is 5.80. The molecule has 3 heterocycles. The summed E-state index contributed by atoms with van der Waals surface area (Å²) >= 11 is 1.51. The van der Waals surface area contributed by atoms with E-state index in [-0.39, 0.29) is 48.5 Å². The second kappa shape index (κ2) is 9.54. The number of carbonyl (C=O) groups excluding carboxylic acids is 2. The number of aromatic nitrogens is 2. The normalized spacial score (nSPS) is 15.0. The van der Waals surface area contributed by atoms with Crippen LogP contribution in [0.3, 0.4) is 0 Å². The number of amides is 1. The van der Waals surface area contributed by atoms with Crippen molar-refractivity contribution in [2.75, 3.05) is 26.2 Å². The van der Waals surface area contributed by atoms with E-state index in [4.69, 9.17) is 4.42 Å². The summed E-state index contributed by atoms with van der Waals surface area (Å²) in [5, 5.41) is 0.852. The number of benzene rings is 1. The van der Waals surface area contributed by atoms with Crippen molar-refractivity contribution in [1.82, 2.24) is 18.8 Å². The lowest BCUT2D eigenvalue weighted by atomic mass is 10.2. The van der Waals surface area contributed by atoms with Crippen LogP contribution in [0.15, 0.2) is 63.3 Å². The molecule has 174 valence electrons. The molecule has 2 aromatic heterocycles. The van der Waals surface area contributed by atoms with Crippen LogP contribution in [0.25, 0.3) is 0 Å². The van der Waals surface area contributed by atoms with Gasteiger partial charge in [0.1, 0.15) is 5.76 Å². The van der Waals surface area contributed by atoms with Crippen molar-refractivity contribution in [3.05, 3.63) is 65.9 Å². The van der Waals surface area contributed by atoms with E-state index in [0.29, 0.717) is 17.1 Å². The molecule has 3 aromatic rings. The lowest BCUT2D eigenvalue weighted by molar-refractivity contribution is 0.0664. The van der Waals surface area contributed by atoms with Gasteiger partial charge in [-0.05, 0) is 31.2 Å². The highest BCUT2D eigenvalue weighted by Crippen LogP contribution is 2.23. The first-order valence-electron chi connectivity index (χ1n) is 10.3. The van der Waals surface area contributed by atoms with Crippen LogP contribution in [0.1, 0.15) is 33.6 Å². The van der Waals surface area contributed by atoms with Gasteiger partial charge >= 0.3 is 0 Å². The van der Waals surface area contributed by atoms with Gasteiger partial charge in [0.2, 0.25) is 10.0 Å². The number of carbonyl (C=O) groups is 2. The maximum Gasteiger partial charge on any atom is 0.289 e. The maximum atomic E-state index is 13.0. The molecule has 1 aliphatic rings. The number of piperazine rings is 1. The van der Waals surface area contributed by atoms with E-state index < -0.39 is 10.0 Å². The average molecular weight is 489 g/mol. The van der Waals surface area contributed by atoms with Gasteiger partial charge in [0.25, 0.3) is 5.91 Å². The van der Waals surface area contributed by atoms with Crippen LogP contribution in [-0.2, 0) is 22.8 Å². The van der Waals surface area contributed by atoms with Gasteiger partial charge in [-0.2, -0.15) is 4.31 Å². The smallest absolute Gasteiger partial charge is 0.289 e.